The standard InChI is InChI=1S/C22H16ClN3O5S/c1-31-21(29)15-7-2-3-8-16(15)24-18(27)12-25-17-9-10-32-19(17)20(28)26(22(25)30)14-6-4-5-13(23)11-14/h2-11H,12H2,1H3,(H,24,27). The summed E-state index contributed by atoms with van der Waals surface area (Å²) >= 11 is 7.21. The normalized spacial score (nSPS) is 10.8. The number of ether oxygens (including phenoxy) is 1. The minimum Gasteiger partial charge on any atom is -0.465 e. The summed E-state index contributed by atoms with van der Waals surface area (Å²) in [5, 5.41) is 4.68. The number of nitrogens with one attached hydrogen (secondary N) is 1. The number of amides is 1. The number of fused-ring (bicyclic) bond motifs is 1. The number of esters is 1. The summed E-state index contributed by atoms with van der Waals surface area (Å²) in [6.07, 6.45) is 0. The van der Waals surface area contributed by atoms with Crippen LogP contribution in [0.25, 0.3) is 15.9 Å². The number of rotatable bonds is 5. The fourth-order valence-corrected chi connectivity index (χ4v) is 4.31. The number of nitrogens with zero attached hydrogens (tertiary/aromatic N) is 2. The van der Waals surface area contributed by atoms with Crippen molar-refractivity contribution in [3.8, 4) is 5.69 Å². The molecule has 0 saturated heterocycles. The summed E-state index contributed by atoms with van der Waals surface area (Å²) in [6, 6.07) is 14.3. The summed E-state index contributed by atoms with van der Waals surface area (Å²) in [7, 11) is 1.24. The summed E-state index contributed by atoms with van der Waals surface area (Å²) in [5.41, 5.74) is -0.0930. The van der Waals surface area contributed by atoms with E-state index < -0.39 is 23.1 Å². The lowest BCUT2D eigenvalue weighted by Crippen LogP contribution is -2.40. The molecule has 32 heavy (non-hydrogen) atoms. The molecule has 0 aliphatic rings. The minimum atomic E-state index is -0.681. The molecule has 162 valence electrons. The average Bonchev–Trinajstić information content (AvgIpc) is 3.27. The molecule has 8 nitrogen and oxygen atoms in total. The maximum atomic E-state index is 13.3. The first-order valence-corrected chi connectivity index (χ1v) is 10.6. The van der Waals surface area contributed by atoms with Crippen LogP contribution in [-0.4, -0.2) is 28.1 Å². The second kappa shape index (κ2) is 8.81. The van der Waals surface area contributed by atoms with E-state index in [0.717, 1.165) is 4.57 Å². The molecule has 0 aliphatic carbocycles. The largest absolute Gasteiger partial charge is 0.465 e. The molecule has 10 heteroatoms. The molecule has 2 aromatic heterocycles. The van der Waals surface area contributed by atoms with Crippen LogP contribution in [0.3, 0.4) is 0 Å². The van der Waals surface area contributed by atoms with E-state index in [2.05, 4.69) is 5.32 Å². The van der Waals surface area contributed by atoms with Gasteiger partial charge in [-0.3, -0.25) is 14.2 Å². The highest BCUT2D eigenvalue weighted by molar-refractivity contribution is 7.17. The summed E-state index contributed by atoms with van der Waals surface area (Å²) in [5.74, 6) is -1.15. The molecule has 0 radical (unpaired) electrons. The van der Waals surface area contributed by atoms with Gasteiger partial charge >= 0.3 is 11.7 Å². The summed E-state index contributed by atoms with van der Waals surface area (Å²) in [6.45, 7) is -0.373. The molecule has 1 N–H and O–H groups in total. The number of hydrogen-bond acceptors (Lipinski definition) is 6. The Morgan fingerprint density at radius 1 is 1.09 bits per heavy atom. The van der Waals surface area contributed by atoms with Crippen LogP contribution in [0.1, 0.15) is 10.4 Å². The van der Waals surface area contributed by atoms with Crippen molar-refractivity contribution >= 4 is 50.7 Å². The van der Waals surface area contributed by atoms with Crippen molar-refractivity contribution in [3.05, 3.63) is 91.4 Å². The van der Waals surface area contributed by atoms with Crippen molar-refractivity contribution in [2.45, 2.75) is 6.54 Å². The fourth-order valence-electron chi connectivity index (χ4n) is 3.30. The third-order valence-corrected chi connectivity index (χ3v) is 5.86. The molecule has 2 heterocycles. The van der Waals surface area contributed by atoms with Gasteiger partial charge in [-0.05, 0) is 41.8 Å². The molecule has 4 rings (SSSR count). The number of halogens is 1. The number of anilines is 1. The zero-order valence-electron chi connectivity index (χ0n) is 16.7. The molecule has 1 amide bonds. The van der Waals surface area contributed by atoms with E-state index in [1.807, 2.05) is 0 Å². The van der Waals surface area contributed by atoms with E-state index in [9.17, 15) is 19.2 Å². The first-order valence-electron chi connectivity index (χ1n) is 9.37. The minimum absolute atomic E-state index is 0.181. The van der Waals surface area contributed by atoms with Gasteiger partial charge in [0.25, 0.3) is 5.56 Å². The number of benzene rings is 2. The molecule has 2 aromatic carbocycles. The highest BCUT2D eigenvalue weighted by atomic mass is 35.5. The highest BCUT2D eigenvalue weighted by Gasteiger charge is 2.19. The van der Waals surface area contributed by atoms with Crippen molar-refractivity contribution in [2.75, 3.05) is 12.4 Å². The average molecular weight is 470 g/mol. The zero-order valence-corrected chi connectivity index (χ0v) is 18.3. The van der Waals surface area contributed by atoms with Gasteiger partial charge in [0.2, 0.25) is 5.91 Å². The number of aromatic nitrogens is 2. The van der Waals surface area contributed by atoms with Crippen molar-refractivity contribution in [2.24, 2.45) is 0 Å². The van der Waals surface area contributed by atoms with Crippen LogP contribution in [0.2, 0.25) is 5.02 Å². The maximum Gasteiger partial charge on any atom is 0.339 e. The van der Waals surface area contributed by atoms with Gasteiger partial charge in [-0.2, -0.15) is 0 Å². The van der Waals surface area contributed by atoms with Crippen molar-refractivity contribution in [1.29, 1.82) is 0 Å². The van der Waals surface area contributed by atoms with E-state index in [1.54, 1.807) is 47.8 Å². The predicted octanol–water partition coefficient (Wildman–Crippen LogP) is 3.29. The van der Waals surface area contributed by atoms with E-state index in [4.69, 9.17) is 16.3 Å². The van der Waals surface area contributed by atoms with Crippen LogP contribution >= 0.6 is 22.9 Å². The third-order valence-electron chi connectivity index (χ3n) is 4.73. The molecule has 0 aliphatic heterocycles. The van der Waals surface area contributed by atoms with Gasteiger partial charge in [0, 0.05) is 5.02 Å². The molecular weight excluding hydrogens is 454 g/mol. The Labute approximate surface area is 190 Å². The van der Waals surface area contributed by atoms with Crippen LogP contribution in [0.15, 0.2) is 69.6 Å². The van der Waals surface area contributed by atoms with E-state index in [0.29, 0.717) is 20.9 Å². The summed E-state index contributed by atoms with van der Waals surface area (Å²) in [4.78, 5) is 51.0. The third kappa shape index (κ3) is 3.95. The first-order chi connectivity index (χ1) is 15.4. The molecule has 0 bridgehead atoms. The number of carbonyl (C=O) groups is 2. The topological polar surface area (TPSA) is 99.4 Å². The number of methoxy groups -OCH3 is 1. The van der Waals surface area contributed by atoms with Crippen LogP contribution in [-0.2, 0) is 16.1 Å². The van der Waals surface area contributed by atoms with Crippen molar-refractivity contribution < 1.29 is 14.3 Å². The second-order valence-corrected chi connectivity index (χ2v) is 8.06. The lowest BCUT2D eigenvalue weighted by atomic mass is 10.2. The molecule has 0 saturated carbocycles. The van der Waals surface area contributed by atoms with Gasteiger partial charge in [-0.15, -0.1) is 11.3 Å². The SMILES string of the molecule is COC(=O)c1ccccc1NC(=O)Cn1c(=O)n(-c2cccc(Cl)c2)c(=O)c2sccc21. The lowest BCUT2D eigenvalue weighted by Gasteiger charge is -2.13. The molecule has 0 atom stereocenters. The van der Waals surface area contributed by atoms with Crippen LogP contribution in [0, 0.1) is 0 Å². The van der Waals surface area contributed by atoms with Crippen molar-refractivity contribution in [3.63, 3.8) is 0 Å². The Balaban J connectivity index is 1.77. The first kappa shape index (κ1) is 21.5. The molecule has 0 spiro atoms. The fraction of sp³-hybridized carbons (Fsp3) is 0.0909. The van der Waals surface area contributed by atoms with Gasteiger partial charge in [-0.1, -0.05) is 29.8 Å². The number of carbonyl (C=O) groups excluding carboxylic acids is 2. The Kier molecular flexibility index (Phi) is 5.93. The number of para-hydroxylation sites is 1. The maximum absolute atomic E-state index is 13.3. The second-order valence-electron chi connectivity index (χ2n) is 6.71. The number of hydrogen-bond donors (Lipinski definition) is 1. The number of thiophene rings is 1. The van der Waals surface area contributed by atoms with Gasteiger partial charge in [-0.25, -0.2) is 14.2 Å². The Hall–Kier alpha value is -3.69. The lowest BCUT2D eigenvalue weighted by molar-refractivity contribution is -0.116. The smallest absolute Gasteiger partial charge is 0.339 e. The van der Waals surface area contributed by atoms with Crippen LogP contribution in [0.5, 0.6) is 0 Å². The van der Waals surface area contributed by atoms with E-state index >= 15 is 0 Å². The predicted molar refractivity (Wildman–Crippen MR) is 123 cm³/mol. The van der Waals surface area contributed by atoms with Gasteiger partial charge < -0.3 is 10.1 Å². The quantitative estimate of drug-likeness (QED) is 0.452. The van der Waals surface area contributed by atoms with Crippen molar-refractivity contribution in [1.82, 2.24) is 9.13 Å². The van der Waals surface area contributed by atoms with Gasteiger partial charge in [0.15, 0.2) is 0 Å². The van der Waals surface area contributed by atoms with Gasteiger partial charge in [0.05, 0.1) is 29.6 Å². The molecular formula is C22H16ClN3O5S. The Morgan fingerprint density at radius 2 is 1.88 bits per heavy atom. The molecule has 4 aromatic rings. The van der Waals surface area contributed by atoms with Crippen LogP contribution in [0.4, 0.5) is 5.69 Å². The molecule has 0 fully saturated rings. The van der Waals surface area contributed by atoms with Crippen LogP contribution < -0.4 is 16.6 Å². The summed E-state index contributed by atoms with van der Waals surface area (Å²) < 4.78 is 7.26. The Morgan fingerprint density at radius 3 is 2.62 bits per heavy atom. The highest BCUT2D eigenvalue weighted by Crippen LogP contribution is 2.19. The monoisotopic (exact) mass is 469 g/mol. The zero-order chi connectivity index (χ0) is 22.8. The Bertz CT molecular complexity index is 1470. The van der Waals surface area contributed by atoms with E-state index in [-0.39, 0.29) is 17.8 Å². The van der Waals surface area contributed by atoms with E-state index in [1.165, 1.54) is 35.1 Å². The molecule has 0 unspecified atom stereocenters. The van der Waals surface area contributed by atoms with Gasteiger partial charge in [0.1, 0.15) is 11.2 Å².